The maximum Gasteiger partial charge on any atom is 0.219 e. The van der Waals surface area contributed by atoms with E-state index in [-0.39, 0.29) is 5.91 Å². The van der Waals surface area contributed by atoms with Crippen LogP contribution in [0.2, 0.25) is 0 Å². The molecule has 0 spiro atoms. The second-order valence-corrected chi connectivity index (χ2v) is 4.29. The third kappa shape index (κ3) is 5.72. The average molecular weight is 266 g/mol. The van der Waals surface area contributed by atoms with E-state index < -0.39 is 6.10 Å². The molecular weight excluding hydrogens is 244 g/mol. The highest BCUT2D eigenvalue weighted by molar-refractivity contribution is 5.75. The minimum absolute atomic E-state index is 0.00992. The summed E-state index contributed by atoms with van der Waals surface area (Å²) in [5, 5.41) is 12.4. The number of rotatable bonds is 8. The number of hydrogen-bond acceptors (Lipinski definition) is 4. The lowest BCUT2D eigenvalue weighted by Crippen LogP contribution is -2.18. The lowest BCUT2D eigenvalue weighted by molar-refractivity contribution is -0.120. The number of amides is 1. The number of carbonyl (C=O) groups excluding carboxylic acids is 1. The number of aliphatic hydroxyl groups is 1. The fraction of sp³-hybridized carbons (Fsp3) is 0.500. The van der Waals surface area contributed by atoms with E-state index in [1.807, 2.05) is 18.2 Å². The summed E-state index contributed by atoms with van der Waals surface area (Å²) in [7, 11) is 1.62. The normalized spacial score (nSPS) is 11.9. The summed E-state index contributed by atoms with van der Waals surface area (Å²) in [6.45, 7) is 0.919. The fourth-order valence-electron chi connectivity index (χ4n) is 1.68. The van der Waals surface area contributed by atoms with Crippen molar-refractivity contribution in [1.29, 1.82) is 0 Å². The summed E-state index contributed by atoms with van der Waals surface area (Å²) in [4.78, 5) is 11.0. The summed E-state index contributed by atoms with van der Waals surface area (Å²) in [5.41, 5.74) is 6.22. The minimum atomic E-state index is -0.556. The zero-order valence-electron chi connectivity index (χ0n) is 11.3. The first-order chi connectivity index (χ1) is 9.17. The highest BCUT2D eigenvalue weighted by Gasteiger charge is 2.07. The second-order valence-electron chi connectivity index (χ2n) is 4.29. The first-order valence-electron chi connectivity index (χ1n) is 6.49. The Hall–Kier alpha value is -1.59. The Morgan fingerprint density at radius 2 is 2.32 bits per heavy atom. The Bertz CT molecular complexity index is 396. The van der Waals surface area contributed by atoms with Gasteiger partial charge in [0.15, 0.2) is 0 Å². The molecule has 0 saturated carbocycles. The number of ether oxygens (including phenoxy) is 1. The molecule has 0 radical (unpaired) electrons. The molecule has 0 aliphatic rings. The molecule has 0 heterocycles. The lowest BCUT2D eigenvalue weighted by atomic mass is 10.1. The Morgan fingerprint density at radius 3 is 3.00 bits per heavy atom. The van der Waals surface area contributed by atoms with E-state index in [1.165, 1.54) is 0 Å². The SMILES string of the molecule is CNC(=O)CCCOc1cccc([C@H](O)CCN)c1. The van der Waals surface area contributed by atoms with Crippen LogP contribution in [0.15, 0.2) is 24.3 Å². The largest absolute Gasteiger partial charge is 0.494 e. The van der Waals surface area contributed by atoms with Crippen LogP contribution in [-0.4, -0.2) is 31.2 Å². The molecule has 0 aliphatic heterocycles. The van der Waals surface area contributed by atoms with E-state index in [1.54, 1.807) is 13.1 Å². The van der Waals surface area contributed by atoms with Gasteiger partial charge in [-0.1, -0.05) is 12.1 Å². The molecule has 1 amide bonds. The molecule has 4 N–H and O–H groups in total. The van der Waals surface area contributed by atoms with E-state index in [0.29, 0.717) is 38.2 Å². The first-order valence-corrected chi connectivity index (χ1v) is 6.49. The lowest BCUT2D eigenvalue weighted by Gasteiger charge is -2.12. The van der Waals surface area contributed by atoms with E-state index in [2.05, 4.69) is 5.32 Å². The van der Waals surface area contributed by atoms with Gasteiger partial charge in [0.05, 0.1) is 12.7 Å². The maximum absolute atomic E-state index is 11.0. The molecule has 0 bridgehead atoms. The van der Waals surface area contributed by atoms with Crippen LogP contribution in [0.25, 0.3) is 0 Å². The number of carbonyl (C=O) groups is 1. The molecule has 0 aliphatic carbocycles. The van der Waals surface area contributed by atoms with E-state index in [0.717, 1.165) is 5.56 Å². The van der Waals surface area contributed by atoms with Crippen LogP contribution in [0.4, 0.5) is 0 Å². The second kappa shape index (κ2) is 8.50. The van der Waals surface area contributed by atoms with Crippen molar-refractivity contribution in [1.82, 2.24) is 5.32 Å². The number of hydrogen-bond donors (Lipinski definition) is 3. The van der Waals surface area contributed by atoms with Crippen molar-refractivity contribution in [2.75, 3.05) is 20.2 Å². The summed E-state index contributed by atoms with van der Waals surface area (Å²) in [6, 6.07) is 7.32. The molecule has 0 unspecified atom stereocenters. The molecule has 1 atom stereocenters. The van der Waals surface area contributed by atoms with Gasteiger partial charge in [0.25, 0.3) is 0 Å². The van der Waals surface area contributed by atoms with Gasteiger partial charge in [-0.25, -0.2) is 0 Å². The van der Waals surface area contributed by atoms with E-state index in [4.69, 9.17) is 10.5 Å². The van der Waals surface area contributed by atoms with Crippen LogP contribution >= 0.6 is 0 Å². The third-order valence-electron chi connectivity index (χ3n) is 2.78. The number of benzene rings is 1. The topological polar surface area (TPSA) is 84.6 Å². The summed E-state index contributed by atoms with van der Waals surface area (Å²) in [5.74, 6) is 0.709. The van der Waals surface area contributed by atoms with Gasteiger partial charge in [-0.3, -0.25) is 4.79 Å². The Balaban J connectivity index is 2.42. The third-order valence-corrected chi connectivity index (χ3v) is 2.78. The molecule has 106 valence electrons. The number of nitrogens with one attached hydrogen (secondary N) is 1. The molecule has 1 rings (SSSR count). The summed E-state index contributed by atoms with van der Waals surface area (Å²) >= 11 is 0. The zero-order chi connectivity index (χ0) is 14.1. The van der Waals surface area contributed by atoms with Crippen molar-refractivity contribution in [2.24, 2.45) is 5.73 Å². The average Bonchev–Trinajstić information content (AvgIpc) is 2.44. The van der Waals surface area contributed by atoms with Gasteiger partial charge in [0.1, 0.15) is 5.75 Å². The molecular formula is C14H22N2O3. The van der Waals surface area contributed by atoms with Gasteiger partial charge in [-0.2, -0.15) is 0 Å². The van der Waals surface area contributed by atoms with Gasteiger partial charge >= 0.3 is 0 Å². The van der Waals surface area contributed by atoms with Crippen molar-refractivity contribution in [3.8, 4) is 5.75 Å². The Morgan fingerprint density at radius 1 is 1.53 bits per heavy atom. The van der Waals surface area contributed by atoms with Crippen LogP contribution in [0.1, 0.15) is 30.9 Å². The predicted octanol–water partition coefficient (Wildman–Crippen LogP) is 0.974. The Labute approximate surface area is 113 Å². The summed E-state index contributed by atoms with van der Waals surface area (Å²) in [6.07, 6.45) is 1.08. The van der Waals surface area contributed by atoms with Crippen LogP contribution in [-0.2, 0) is 4.79 Å². The maximum atomic E-state index is 11.0. The van der Waals surface area contributed by atoms with Gasteiger partial charge in [0, 0.05) is 13.5 Å². The molecule has 1 aromatic carbocycles. The number of nitrogens with two attached hydrogens (primary N) is 1. The van der Waals surface area contributed by atoms with Crippen molar-refractivity contribution in [3.63, 3.8) is 0 Å². The standard InChI is InChI=1S/C14H22N2O3/c1-16-14(18)6-3-9-19-12-5-2-4-11(10-12)13(17)7-8-15/h2,4-5,10,13,17H,3,6-9,15H2,1H3,(H,16,18)/t13-/m1/s1. The highest BCUT2D eigenvalue weighted by Crippen LogP contribution is 2.21. The fourth-order valence-corrected chi connectivity index (χ4v) is 1.68. The molecule has 19 heavy (non-hydrogen) atoms. The monoisotopic (exact) mass is 266 g/mol. The zero-order valence-corrected chi connectivity index (χ0v) is 11.3. The van der Waals surface area contributed by atoms with Crippen molar-refractivity contribution < 1.29 is 14.6 Å². The Kier molecular flexibility index (Phi) is 6.92. The van der Waals surface area contributed by atoms with Crippen LogP contribution in [0.3, 0.4) is 0 Å². The molecule has 1 aromatic rings. The number of aliphatic hydroxyl groups excluding tert-OH is 1. The van der Waals surface area contributed by atoms with Gasteiger partial charge in [-0.05, 0) is 37.1 Å². The van der Waals surface area contributed by atoms with E-state index >= 15 is 0 Å². The molecule has 5 nitrogen and oxygen atoms in total. The molecule has 0 fully saturated rings. The van der Waals surface area contributed by atoms with Crippen LogP contribution in [0.5, 0.6) is 5.75 Å². The van der Waals surface area contributed by atoms with Gasteiger partial charge < -0.3 is 20.9 Å². The van der Waals surface area contributed by atoms with E-state index in [9.17, 15) is 9.90 Å². The quantitative estimate of drug-likeness (QED) is 0.612. The van der Waals surface area contributed by atoms with Gasteiger partial charge in [-0.15, -0.1) is 0 Å². The first kappa shape index (κ1) is 15.5. The van der Waals surface area contributed by atoms with Crippen molar-refractivity contribution in [3.05, 3.63) is 29.8 Å². The smallest absolute Gasteiger partial charge is 0.219 e. The van der Waals surface area contributed by atoms with Crippen molar-refractivity contribution in [2.45, 2.75) is 25.4 Å². The summed E-state index contributed by atoms with van der Waals surface area (Å²) < 4.78 is 5.55. The van der Waals surface area contributed by atoms with Crippen LogP contribution < -0.4 is 15.8 Å². The van der Waals surface area contributed by atoms with Gasteiger partial charge in [0.2, 0.25) is 5.91 Å². The predicted molar refractivity (Wildman–Crippen MR) is 73.9 cm³/mol. The molecule has 0 saturated heterocycles. The van der Waals surface area contributed by atoms with Crippen molar-refractivity contribution >= 4 is 5.91 Å². The highest BCUT2D eigenvalue weighted by atomic mass is 16.5. The van der Waals surface area contributed by atoms with Crippen LogP contribution in [0, 0.1) is 0 Å². The minimum Gasteiger partial charge on any atom is -0.494 e. The molecule has 0 aromatic heterocycles. The molecule has 5 heteroatoms.